The number of hydrogen-bond acceptors (Lipinski definition) is 3. The van der Waals surface area contributed by atoms with Crippen LogP contribution in [0.25, 0.3) is 0 Å². The van der Waals surface area contributed by atoms with Crippen LogP contribution in [0.5, 0.6) is 5.75 Å². The van der Waals surface area contributed by atoms with Crippen LogP contribution in [0.3, 0.4) is 0 Å². The van der Waals surface area contributed by atoms with Gasteiger partial charge in [-0.3, -0.25) is 0 Å². The molecule has 0 aliphatic carbocycles. The van der Waals surface area contributed by atoms with Gasteiger partial charge in [0, 0.05) is 17.7 Å². The molecule has 1 fully saturated rings. The molecular weight excluding hydrogens is 308 g/mol. The van der Waals surface area contributed by atoms with Gasteiger partial charge in [-0.05, 0) is 50.3 Å². The van der Waals surface area contributed by atoms with Crippen molar-refractivity contribution in [3.63, 3.8) is 0 Å². The van der Waals surface area contributed by atoms with Crippen LogP contribution in [0.15, 0.2) is 28.7 Å². The van der Waals surface area contributed by atoms with E-state index in [-0.39, 0.29) is 6.29 Å². The van der Waals surface area contributed by atoms with Gasteiger partial charge in [0.25, 0.3) is 0 Å². The number of ether oxygens (including phenoxy) is 3. The lowest BCUT2D eigenvalue weighted by Gasteiger charge is -2.22. The van der Waals surface area contributed by atoms with Crippen LogP contribution in [0.2, 0.25) is 0 Å². The lowest BCUT2D eigenvalue weighted by atomic mass is 10.2. The zero-order valence-corrected chi connectivity index (χ0v) is 12.7. The van der Waals surface area contributed by atoms with Crippen molar-refractivity contribution in [3.05, 3.63) is 28.7 Å². The van der Waals surface area contributed by atoms with Crippen molar-refractivity contribution in [2.24, 2.45) is 0 Å². The maximum atomic E-state index is 5.67. The quantitative estimate of drug-likeness (QED) is 0.703. The number of benzene rings is 1. The first-order chi connectivity index (χ1) is 9.34. The standard InChI is InChI=1S/C15H21BrO3/c16-13-6-5-7-14(12-13)17-9-3-4-11-19-15-8-1-2-10-18-15/h5-7,12,15H,1-4,8-11H2. The summed E-state index contributed by atoms with van der Waals surface area (Å²) in [6.45, 7) is 2.33. The Hall–Kier alpha value is -0.580. The second kappa shape index (κ2) is 8.56. The molecule has 0 bridgehead atoms. The van der Waals surface area contributed by atoms with Crippen LogP contribution >= 0.6 is 15.9 Å². The minimum atomic E-state index is 0.0275. The van der Waals surface area contributed by atoms with Crippen LogP contribution in [0, 0.1) is 0 Å². The first-order valence-corrected chi connectivity index (χ1v) is 7.75. The fourth-order valence-corrected chi connectivity index (χ4v) is 2.39. The van der Waals surface area contributed by atoms with Crippen LogP contribution < -0.4 is 4.74 Å². The highest BCUT2D eigenvalue weighted by Crippen LogP contribution is 2.18. The highest BCUT2D eigenvalue weighted by molar-refractivity contribution is 9.10. The molecular formula is C15H21BrO3. The summed E-state index contributed by atoms with van der Waals surface area (Å²) in [5, 5.41) is 0. The lowest BCUT2D eigenvalue weighted by molar-refractivity contribution is -0.162. The van der Waals surface area contributed by atoms with E-state index in [1.165, 1.54) is 12.8 Å². The predicted molar refractivity (Wildman–Crippen MR) is 78.4 cm³/mol. The highest BCUT2D eigenvalue weighted by Gasteiger charge is 2.13. The number of rotatable bonds is 7. The first kappa shape index (κ1) is 14.8. The molecule has 4 heteroatoms. The van der Waals surface area contributed by atoms with E-state index in [1.54, 1.807) is 0 Å². The van der Waals surface area contributed by atoms with E-state index in [0.717, 1.165) is 49.3 Å². The van der Waals surface area contributed by atoms with Crippen LogP contribution in [0.1, 0.15) is 32.1 Å². The van der Waals surface area contributed by atoms with E-state index in [2.05, 4.69) is 15.9 Å². The lowest BCUT2D eigenvalue weighted by Crippen LogP contribution is -2.22. The normalized spacial score (nSPS) is 19.3. The molecule has 1 aromatic carbocycles. The van der Waals surface area contributed by atoms with Crippen molar-refractivity contribution in [1.82, 2.24) is 0 Å². The van der Waals surface area contributed by atoms with Crippen molar-refractivity contribution < 1.29 is 14.2 Å². The monoisotopic (exact) mass is 328 g/mol. The molecule has 1 atom stereocenters. The summed E-state index contributed by atoms with van der Waals surface area (Å²) in [5.41, 5.74) is 0. The van der Waals surface area contributed by atoms with Crippen molar-refractivity contribution in [2.45, 2.75) is 38.4 Å². The van der Waals surface area contributed by atoms with Gasteiger partial charge in [-0.15, -0.1) is 0 Å². The largest absolute Gasteiger partial charge is 0.494 e. The average molecular weight is 329 g/mol. The molecule has 1 heterocycles. The Kier molecular flexibility index (Phi) is 6.68. The highest BCUT2D eigenvalue weighted by atomic mass is 79.9. The molecule has 0 radical (unpaired) electrons. The summed E-state index contributed by atoms with van der Waals surface area (Å²) >= 11 is 3.43. The molecule has 0 aromatic heterocycles. The van der Waals surface area contributed by atoms with E-state index >= 15 is 0 Å². The minimum absolute atomic E-state index is 0.0275. The Balaban J connectivity index is 1.50. The van der Waals surface area contributed by atoms with Crippen LogP contribution in [-0.2, 0) is 9.47 Å². The van der Waals surface area contributed by atoms with Crippen molar-refractivity contribution in [2.75, 3.05) is 19.8 Å². The summed E-state index contributed by atoms with van der Waals surface area (Å²) in [7, 11) is 0. The Morgan fingerprint density at radius 1 is 1.21 bits per heavy atom. The van der Waals surface area contributed by atoms with Crippen molar-refractivity contribution in [3.8, 4) is 5.75 Å². The Morgan fingerprint density at radius 3 is 2.89 bits per heavy atom. The van der Waals surface area contributed by atoms with Gasteiger partial charge in [0.05, 0.1) is 6.61 Å². The molecule has 0 N–H and O–H groups in total. The molecule has 106 valence electrons. The van der Waals surface area contributed by atoms with Gasteiger partial charge in [-0.2, -0.15) is 0 Å². The molecule has 1 aliphatic heterocycles. The third-order valence-corrected chi connectivity index (χ3v) is 3.54. The number of halogens is 1. The summed E-state index contributed by atoms with van der Waals surface area (Å²) in [6.07, 6.45) is 5.46. The van der Waals surface area contributed by atoms with Gasteiger partial charge < -0.3 is 14.2 Å². The molecule has 1 unspecified atom stereocenters. The SMILES string of the molecule is Brc1cccc(OCCCCOC2CCCCO2)c1. The molecule has 1 saturated heterocycles. The van der Waals surface area contributed by atoms with Gasteiger partial charge in [-0.1, -0.05) is 22.0 Å². The number of unbranched alkanes of at least 4 members (excludes halogenated alkanes) is 1. The molecule has 3 nitrogen and oxygen atoms in total. The third kappa shape index (κ3) is 5.93. The van der Waals surface area contributed by atoms with Crippen LogP contribution in [0.4, 0.5) is 0 Å². The maximum Gasteiger partial charge on any atom is 0.157 e. The van der Waals surface area contributed by atoms with Crippen molar-refractivity contribution >= 4 is 15.9 Å². The van der Waals surface area contributed by atoms with Crippen LogP contribution in [-0.4, -0.2) is 26.1 Å². The van der Waals surface area contributed by atoms with Gasteiger partial charge in [0.1, 0.15) is 5.75 Å². The molecule has 0 spiro atoms. The zero-order chi connectivity index (χ0) is 13.3. The Bertz CT molecular complexity index is 364. The maximum absolute atomic E-state index is 5.67. The molecule has 19 heavy (non-hydrogen) atoms. The van der Waals surface area contributed by atoms with Gasteiger partial charge >= 0.3 is 0 Å². The second-order valence-corrected chi connectivity index (χ2v) is 5.60. The molecule has 0 saturated carbocycles. The number of hydrogen-bond donors (Lipinski definition) is 0. The smallest absolute Gasteiger partial charge is 0.157 e. The Labute approximate surface area is 123 Å². The predicted octanol–water partition coefficient (Wildman–Crippen LogP) is 4.15. The first-order valence-electron chi connectivity index (χ1n) is 6.96. The van der Waals surface area contributed by atoms with E-state index in [0.29, 0.717) is 0 Å². The second-order valence-electron chi connectivity index (χ2n) is 4.68. The van der Waals surface area contributed by atoms with Gasteiger partial charge in [0.15, 0.2) is 6.29 Å². The van der Waals surface area contributed by atoms with Gasteiger partial charge in [0.2, 0.25) is 0 Å². The molecule has 1 aromatic rings. The van der Waals surface area contributed by atoms with E-state index in [4.69, 9.17) is 14.2 Å². The summed E-state index contributed by atoms with van der Waals surface area (Å²) in [6, 6.07) is 7.91. The average Bonchev–Trinajstić information content (AvgIpc) is 2.44. The summed E-state index contributed by atoms with van der Waals surface area (Å²) in [5.74, 6) is 0.908. The Morgan fingerprint density at radius 2 is 2.11 bits per heavy atom. The van der Waals surface area contributed by atoms with Gasteiger partial charge in [-0.25, -0.2) is 0 Å². The van der Waals surface area contributed by atoms with E-state index in [1.807, 2.05) is 24.3 Å². The van der Waals surface area contributed by atoms with E-state index < -0.39 is 0 Å². The molecule has 2 rings (SSSR count). The molecule has 1 aliphatic rings. The topological polar surface area (TPSA) is 27.7 Å². The molecule has 0 amide bonds. The fraction of sp³-hybridized carbons (Fsp3) is 0.600. The third-order valence-electron chi connectivity index (χ3n) is 3.05. The summed E-state index contributed by atoms with van der Waals surface area (Å²) in [4.78, 5) is 0. The van der Waals surface area contributed by atoms with E-state index in [9.17, 15) is 0 Å². The summed E-state index contributed by atoms with van der Waals surface area (Å²) < 4.78 is 17.9. The fourth-order valence-electron chi connectivity index (χ4n) is 2.01. The zero-order valence-electron chi connectivity index (χ0n) is 11.1. The van der Waals surface area contributed by atoms with Crippen molar-refractivity contribution in [1.29, 1.82) is 0 Å². The minimum Gasteiger partial charge on any atom is -0.494 e.